The molecule has 0 radical (unpaired) electrons. The van der Waals surface area contributed by atoms with Gasteiger partial charge in [0.15, 0.2) is 0 Å². The number of carboxylic acids is 1. The summed E-state index contributed by atoms with van der Waals surface area (Å²) in [6, 6.07) is 30.5. The molecule has 1 aliphatic rings. The molecule has 44 heavy (non-hydrogen) atoms. The fourth-order valence-corrected chi connectivity index (χ4v) is 5.01. The van der Waals surface area contributed by atoms with Crippen LogP contribution in [0.5, 0.6) is 17.2 Å². The number of carboxylic acid groups (broad SMARTS) is 1. The summed E-state index contributed by atoms with van der Waals surface area (Å²) < 4.78 is 17.4. The SMILES string of the molecule is O=C(Cc1ccc(Oc2ccc(OC3CCC(NC(=O)OCc4ccccc4)CC3)cc2)cc1)Nc1ccccc1C(=O)O. The number of alkyl carbamates (subject to hydrolysis) is 1. The van der Waals surface area contributed by atoms with E-state index in [1.807, 2.05) is 54.6 Å². The number of amides is 2. The molecule has 1 fully saturated rings. The zero-order chi connectivity index (χ0) is 30.7. The average Bonchev–Trinajstić information content (AvgIpc) is 3.03. The smallest absolute Gasteiger partial charge is 0.407 e. The molecule has 2 amide bonds. The number of benzene rings is 4. The van der Waals surface area contributed by atoms with Gasteiger partial charge in [0, 0.05) is 6.04 Å². The minimum absolute atomic E-state index is 0.0413. The van der Waals surface area contributed by atoms with Gasteiger partial charge in [0.2, 0.25) is 5.91 Å². The van der Waals surface area contributed by atoms with Crippen molar-refractivity contribution in [3.63, 3.8) is 0 Å². The van der Waals surface area contributed by atoms with Gasteiger partial charge in [0.25, 0.3) is 0 Å². The topological polar surface area (TPSA) is 123 Å². The first kappa shape index (κ1) is 30.2. The Morgan fingerprint density at radius 2 is 1.32 bits per heavy atom. The van der Waals surface area contributed by atoms with Crippen LogP contribution >= 0.6 is 0 Å². The van der Waals surface area contributed by atoms with Crippen molar-refractivity contribution in [1.82, 2.24) is 5.32 Å². The number of ether oxygens (including phenoxy) is 3. The van der Waals surface area contributed by atoms with Crippen LogP contribution in [0.25, 0.3) is 0 Å². The Bertz CT molecular complexity index is 1550. The summed E-state index contributed by atoms with van der Waals surface area (Å²) in [6.07, 6.45) is 3.07. The summed E-state index contributed by atoms with van der Waals surface area (Å²) in [5.41, 5.74) is 2.02. The van der Waals surface area contributed by atoms with E-state index in [2.05, 4.69) is 10.6 Å². The molecule has 0 atom stereocenters. The lowest BCUT2D eigenvalue weighted by Gasteiger charge is -2.29. The van der Waals surface area contributed by atoms with Crippen LogP contribution in [0.1, 0.15) is 47.2 Å². The lowest BCUT2D eigenvalue weighted by molar-refractivity contribution is -0.115. The minimum atomic E-state index is -1.10. The summed E-state index contributed by atoms with van der Waals surface area (Å²) in [6.45, 7) is 0.252. The Balaban J connectivity index is 1.03. The maximum atomic E-state index is 12.5. The highest BCUT2D eigenvalue weighted by molar-refractivity contribution is 6.01. The van der Waals surface area contributed by atoms with Crippen molar-refractivity contribution in [1.29, 1.82) is 0 Å². The standard InChI is InChI=1S/C35H34N2O7/c38-33(37-32-9-5-4-8-31(32)34(39)40)22-24-10-14-27(15-11-24)43-29-18-20-30(21-19-29)44-28-16-12-26(13-17-28)36-35(41)42-23-25-6-2-1-3-7-25/h1-11,14-15,18-21,26,28H,12-13,16-17,22-23H2,(H,36,41)(H,37,38)(H,39,40). The zero-order valence-electron chi connectivity index (χ0n) is 24.1. The molecule has 0 aromatic heterocycles. The summed E-state index contributed by atoms with van der Waals surface area (Å²) in [4.78, 5) is 36.0. The Morgan fingerprint density at radius 1 is 0.705 bits per heavy atom. The first-order valence-electron chi connectivity index (χ1n) is 14.5. The second-order valence-electron chi connectivity index (χ2n) is 10.6. The number of carbonyl (C=O) groups is 3. The predicted molar refractivity (Wildman–Crippen MR) is 165 cm³/mol. The molecule has 9 heteroatoms. The van der Waals surface area contributed by atoms with Crippen LogP contribution in [0.4, 0.5) is 10.5 Å². The first-order valence-corrected chi connectivity index (χ1v) is 14.5. The third-order valence-electron chi connectivity index (χ3n) is 7.29. The molecule has 0 spiro atoms. The molecule has 1 aliphatic carbocycles. The number of anilines is 1. The lowest BCUT2D eigenvalue weighted by atomic mass is 9.93. The van der Waals surface area contributed by atoms with E-state index in [0.29, 0.717) is 11.5 Å². The van der Waals surface area contributed by atoms with Crippen molar-refractivity contribution < 1.29 is 33.7 Å². The number of nitrogens with one attached hydrogen (secondary N) is 2. The Labute approximate surface area is 255 Å². The second-order valence-corrected chi connectivity index (χ2v) is 10.6. The molecular formula is C35H34N2O7. The number of rotatable bonds is 11. The summed E-state index contributed by atoms with van der Waals surface area (Å²) in [5, 5.41) is 14.9. The summed E-state index contributed by atoms with van der Waals surface area (Å²) in [7, 11) is 0. The normalized spacial score (nSPS) is 15.9. The Hall–Kier alpha value is -5.31. The van der Waals surface area contributed by atoms with Crippen LogP contribution in [-0.2, 0) is 22.6 Å². The van der Waals surface area contributed by atoms with Crippen LogP contribution < -0.4 is 20.1 Å². The second kappa shape index (κ2) is 14.7. The summed E-state index contributed by atoms with van der Waals surface area (Å²) >= 11 is 0. The number of para-hydroxylation sites is 1. The van der Waals surface area contributed by atoms with Crippen LogP contribution in [0.2, 0.25) is 0 Å². The van der Waals surface area contributed by atoms with Gasteiger partial charge in [-0.2, -0.15) is 0 Å². The average molecular weight is 595 g/mol. The first-order chi connectivity index (χ1) is 21.4. The molecule has 0 bridgehead atoms. The van der Waals surface area contributed by atoms with E-state index in [-0.39, 0.29) is 42.3 Å². The highest BCUT2D eigenvalue weighted by atomic mass is 16.5. The molecule has 226 valence electrons. The minimum Gasteiger partial charge on any atom is -0.490 e. The molecule has 4 aromatic carbocycles. The molecule has 5 rings (SSSR count). The lowest BCUT2D eigenvalue weighted by Crippen LogP contribution is -2.39. The van der Waals surface area contributed by atoms with Crippen molar-refractivity contribution in [2.75, 3.05) is 5.32 Å². The van der Waals surface area contributed by atoms with E-state index >= 15 is 0 Å². The zero-order valence-corrected chi connectivity index (χ0v) is 24.1. The third kappa shape index (κ3) is 8.84. The number of hydrogen-bond donors (Lipinski definition) is 3. The van der Waals surface area contributed by atoms with Crippen LogP contribution in [0, 0.1) is 0 Å². The Kier molecular flexibility index (Phi) is 10.1. The maximum Gasteiger partial charge on any atom is 0.407 e. The molecule has 0 heterocycles. The fourth-order valence-electron chi connectivity index (χ4n) is 5.01. The van der Waals surface area contributed by atoms with E-state index in [1.54, 1.807) is 42.5 Å². The van der Waals surface area contributed by atoms with Crippen LogP contribution in [-0.4, -0.2) is 35.2 Å². The van der Waals surface area contributed by atoms with Crippen LogP contribution in [0.3, 0.4) is 0 Å². The highest BCUT2D eigenvalue weighted by Crippen LogP contribution is 2.28. The van der Waals surface area contributed by atoms with Gasteiger partial charge in [0.1, 0.15) is 23.9 Å². The van der Waals surface area contributed by atoms with Crippen molar-refractivity contribution in [2.45, 2.75) is 50.9 Å². The maximum absolute atomic E-state index is 12.5. The van der Waals surface area contributed by atoms with Crippen molar-refractivity contribution in [2.24, 2.45) is 0 Å². The third-order valence-corrected chi connectivity index (χ3v) is 7.29. The van der Waals surface area contributed by atoms with Gasteiger partial charge in [-0.05, 0) is 85.3 Å². The molecule has 4 aromatic rings. The van der Waals surface area contributed by atoms with Crippen molar-refractivity contribution in [3.05, 3.63) is 120 Å². The predicted octanol–water partition coefficient (Wildman–Crippen LogP) is 6.97. The molecule has 0 unspecified atom stereocenters. The molecule has 1 saturated carbocycles. The van der Waals surface area contributed by atoms with Gasteiger partial charge in [-0.15, -0.1) is 0 Å². The van der Waals surface area contributed by atoms with Gasteiger partial charge in [0.05, 0.1) is 23.8 Å². The quantitative estimate of drug-likeness (QED) is 0.171. The molecule has 0 saturated heterocycles. The van der Waals surface area contributed by atoms with E-state index in [0.717, 1.165) is 42.6 Å². The molecule has 9 nitrogen and oxygen atoms in total. The van der Waals surface area contributed by atoms with E-state index < -0.39 is 12.1 Å². The van der Waals surface area contributed by atoms with Gasteiger partial charge in [-0.1, -0.05) is 54.6 Å². The molecular weight excluding hydrogens is 560 g/mol. The number of carbonyl (C=O) groups excluding carboxylic acids is 2. The number of aromatic carboxylic acids is 1. The van der Waals surface area contributed by atoms with Crippen LogP contribution in [0.15, 0.2) is 103 Å². The molecule has 3 N–H and O–H groups in total. The Morgan fingerprint density at radius 3 is 2.00 bits per heavy atom. The highest BCUT2D eigenvalue weighted by Gasteiger charge is 2.24. The van der Waals surface area contributed by atoms with E-state index in [1.165, 1.54) is 6.07 Å². The largest absolute Gasteiger partial charge is 0.490 e. The van der Waals surface area contributed by atoms with Gasteiger partial charge in [-0.3, -0.25) is 4.79 Å². The monoisotopic (exact) mass is 594 g/mol. The van der Waals surface area contributed by atoms with Gasteiger partial charge < -0.3 is 30.0 Å². The van der Waals surface area contributed by atoms with E-state index in [9.17, 15) is 19.5 Å². The number of hydrogen-bond acceptors (Lipinski definition) is 6. The van der Waals surface area contributed by atoms with Crippen molar-refractivity contribution in [3.8, 4) is 17.2 Å². The van der Waals surface area contributed by atoms with Gasteiger partial charge in [-0.25, -0.2) is 9.59 Å². The van der Waals surface area contributed by atoms with Gasteiger partial charge >= 0.3 is 12.1 Å². The van der Waals surface area contributed by atoms with E-state index in [4.69, 9.17) is 14.2 Å². The van der Waals surface area contributed by atoms with Crippen molar-refractivity contribution >= 4 is 23.7 Å². The molecule has 0 aliphatic heterocycles. The summed E-state index contributed by atoms with van der Waals surface area (Å²) in [5.74, 6) is 0.607. The fraction of sp³-hybridized carbons (Fsp3) is 0.229.